The van der Waals surface area contributed by atoms with Crippen LogP contribution < -0.4 is 14.2 Å². The molecule has 1 amide bonds. The van der Waals surface area contributed by atoms with E-state index in [1.807, 2.05) is 12.1 Å². The average Bonchev–Trinajstić information content (AvgIpc) is 2.88. The van der Waals surface area contributed by atoms with Crippen LogP contribution in [-0.2, 0) is 11.3 Å². The van der Waals surface area contributed by atoms with E-state index in [1.54, 1.807) is 12.0 Å². The zero-order valence-electron chi connectivity index (χ0n) is 13.4. The van der Waals surface area contributed by atoms with Crippen molar-refractivity contribution in [2.75, 3.05) is 40.1 Å². The van der Waals surface area contributed by atoms with Gasteiger partial charge in [0.1, 0.15) is 5.75 Å². The lowest BCUT2D eigenvalue weighted by atomic mass is 10.1. The fraction of sp³-hybridized carbons (Fsp3) is 0.562. The zero-order chi connectivity index (χ0) is 16.4. The summed E-state index contributed by atoms with van der Waals surface area (Å²) in [6, 6.07) is 3.75. The summed E-state index contributed by atoms with van der Waals surface area (Å²) in [6.45, 7) is 4.57. The Balaban J connectivity index is 1.75. The van der Waals surface area contributed by atoms with Crippen LogP contribution in [0.4, 0.5) is 0 Å². The van der Waals surface area contributed by atoms with E-state index in [9.17, 15) is 9.90 Å². The Hall–Kier alpha value is -1.99. The third-order valence-electron chi connectivity index (χ3n) is 4.20. The van der Waals surface area contributed by atoms with Crippen LogP contribution in [0.2, 0.25) is 0 Å². The summed E-state index contributed by atoms with van der Waals surface area (Å²) < 4.78 is 16.2. The normalized spacial score (nSPS) is 21.2. The summed E-state index contributed by atoms with van der Waals surface area (Å²) in [5.74, 6) is 2.12. The smallest absolute Gasteiger partial charge is 0.231 e. The summed E-state index contributed by atoms with van der Waals surface area (Å²) in [7, 11) is 1.62. The van der Waals surface area contributed by atoms with Crippen LogP contribution >= 0.6 is 0 Å². The zero-order valence-corrected chi connectivity index (χ0v) is 13.4. The molecule has 0 saturated carbocycles. The number of benzene rings is 1. The van der Waals surface area contributed by atoms with Gasteiger partial charge in [0.25, 0.3) is 0 Å². The highest BCUT2D eigenvalue weighted by molar-refractivity contribution is 5.73. The maximum absolute atomic E-state index is 11.5. The molecule has 0 aromatic heterocycles. The van der Waals surface area contributed by atoms with Gasteiger partial charge in [0.2, 0.25) is 12.7 Å². The molecule has 7 nitrogen and oxygen atoms in total. The van der Waals surface area contributed by atoms with Gasteiger partial charge in [-0.2, -0.15) is 0 Å². The van der Waals surface area contributed by atoms with Crippen LogP contribution in [0.5, 0.6) is 17.2 Å². The van der Waals surface area contributed by atoms with E-state index in [0.29, 0.717) is 44.2 Å². The lowest BCUT2D eigenvalue weighted by molar-refractivity contribution is -0.129. The van der Waals surface area contributed by atoms with E-state index in [1.165, 1.54) is 6.92 Å². The Morgan fingerprint density at radius 2 is 2.04 bits per heavy atom. The first-order valence-corrected chi connectivity index (χ1v) is 7.69. The highest BCUT2D eigenvalue weighted by Crippen LogP contribution is 2.38. The number of rotatable bonds is 3. The summed E-state index contributed by atoms with van der Waals surface area (Å²) in [5.41, 5.74) is 0.972. The number of aliphatic hydroxyl groups excluding tert-OH is 1. The minimum atomic E-state index is -0.554. The second kappa shape index (κ2) is 6.64. The summed E-state index contributed by atoms with van der Waals surface area (Å²) >= 11 is 0. The van der Waals surface area contributed by atoms with Gasteiger partial charge in [0.15, 0.2) is 11.5 Å². The van der Waals surface area contributed by atoms with Crippen molar-refractivity contribution >= 4 is 5.91 Å². The molecule has 1 fully saturated rings. The van der Waals surface area contributed by atoms with Crippen LogP contribution in [0.15, 0.2) is 12.1 Å². The first-order chi connectivity index (χ1) is 11.1. The number of fused-ring (bicyclic) bond motifs is 1. The van der Waals surface area contributed by atoms with Crippen molar-refractivity contribution in [3.63, 3.8) is 0 Å². The number of carbonyl (C=O) groups is 1. The van der Waals surface area contributed by atoms with Gasteiger partial charge in [-0.05, 0) is 6.07 Å². The molecule has 2 heterocycles. The quantitative estimate of drug-likeness (QED) is 0.871. The third kappa shape index (κ3) is 3.51. The average molecular weight is 322 g/mol. The summed E-state index contributed by atoms with van der Waals surface area (Å²) in [5, 5.41) is 10.1. The number of nitrogens with zero attached hydrogens (tertiary/aromatic N) is 2. The SMILES string of the molecule is COc1cc2c(cc1CN1CCN(C(C)=O)C[C@@H](O)C1)OCO2. The molecule has 0 aliphatic carbocycles. The van der Waals surface area contributed by atoms with Gasteiger partial charge in [0.05, 0.1) is 13.2 Å². The summed E-state index contributed by atoms with van der Waals surface area (Å²) in [4.78, 5) is 15.3. The second-order valence-electron chi connectivity index (χ2n) is 5.87. The highest BCUT2D eigenvalue weighted by Gasteiger charge is 2.24. The standard InChI is InChI=1S/C16H22N2O5/c1-11(19)18-4-3-17(8-13(20)9-18)7-12-5-15-16(23-10-22-15)6-14(12)21-2/h5-6,13,20H,3-4,7-10H2,1-2H3/t13-/m0/s1. The molecule has 1 N–H and O–H groups in total. The topological polar surface area (TPSA) is 71.5 Å². The van der Waals surface area contributed by atoms with E-state index in [-0.39, 0.29) is 12.7 Å². The van der Waals surface area contributed by atoms with Crippen LogP contribution in [-0.4, -0.2) is 67.0 Å². The van der Waals surface area contributed by atoms with Crippen LogP contribution in [0.1, 0.15) is 12.5 Å². The first-order valence-electron chi connectivity index (χ1n) is 7.69. The van der Waals surface area contributed by atoms with E-state index in [2.05, 4.69) is 4.90 Å². The molecular weight excluding hydrogens is 300 g/mol. The van der Waals surface area contributed by atoms with Gasteiger partial charge in [-0.1, -0.05) is 0 Å². The van der Waals surface area contributed by atoms with Gasteiger partial charge >= 0.3 is 0 Å². The minimum Gasteiger partial charge on any atom is -0.496 e. The van der Waals surface area contributed by atoms with E-state index >= 15 is 0 Å². The fourth-order valence-electron chi connectivity index (χ4n) is 3.00. The Morgan fingerprint density at radius 1 is 1.30 bits per heavy atom. The molecule has 1 aromatic carbocycles. The van der Waals surface area contributed by atoms with Gasteiger partial charge in [-0.25, -0.2) is 0 Å². The second-order valence-corrected chi connectivity index (χ2v) is 5.87. The van der Waals surface area contributed by atoms with Crippen LogP contribution in [0.25, 0.3) is 0 Å². The van der Waals surface area contributed by atoms with Gasteiger partial charge in [0, 0.05) is 51.3 Å². The van der Waals surface area contributed by atoms with Gasteiger partial charge in [-0.15, -0.1) is 0 Å². The number of ether oxygens (including phenoxy) is 3. The number of aliphatic hydroxyl groups is 1. The number of hydrogen-bond donors (Lipinski definition) is 1. The van der Waals surface area contributed by atoms with E-state index in [4.69, 9.17) is 14.2 Å². The van der Waals surface area contributed by atoms with Crippen LogP contribution in [0.3, 0.4) is 0 Å². The number of carbonyl (C=O) groups excluding carboxylic acids is 1. The van der Waals surface area contributed by atoms with Crippen molar-refractivity contribution < 1.29 is 24.1 Å². The molecule has 1 aromatic rings. The molecule has 0 radical (unpaired) electrons. The van der Waals surface area contributed by atoms with E-state index < -0.39 is 6.10 Å². The van der Waals surface area contributed by atoms with Crippen molar-refractivity contribution in [1.82, 2.24) is 9.80 Å². The lowest BCUT2D eigenvalue weighted by Gasteiger charge is -2.22. The molecule has 0 unspecified atom stereocenters. The number of amides is 1. The lowest BCUT2D eigenvalue weighted by Crippen LogP contribution is -2.36. The Morgan fingerprint density at radius 3 is 2.74 bits per heavy atom. The molecule has 2 aliphatic heterocycles. The predicted octanol–water partition coefficient (Wildman–Crippen LogP) is 0.449. The van der Waals surface area contributed by atoms with Crippen molar-refractivity contribution in [2.24, 2.45) is 0 Å². The molecule has 7 heteroatoms. The Kier molecular flexibility index (Phi) is 4.58. The number of β-amino-alcohol motifs (C(OH)–C–C–N with tert-alkyl or cyclic N) is 1. The molecule has 1 saturated heterocycles. The monoisotopic (exact) mass is 322 g/mol. The minimum absolute atomic E-state index is 0.00781. The molecule has 126 valence electrons. The Labute approximate surface area is 135 Å². The fourth-order valence-corrected chi connectivity index (χ4v) is 3.00. The number of methoxy groups -OCH3 is 1. The maximum Gasteiger partial charge on any atom is 0.231 e. The largest absolute Gasteiger partial charge is 0.496 e. The van der Waals surface area contributed by atoms with Crippen LogP contribution in [0, 0.1) is 0 Å². The summed E-state index contributed by atoms with van der Waals surface area (Å²) in [6.07, 6.45) is -0.554. The highest BCUT2D eigenvalue weighted by atomic mass is 16.7. The molecule has 0 bridgehead atoms. The molecule has 3 rings (SSSR count). The van der Waals surface area contributed by atoms with E-state index in [0.717, 1.165) is 11.3 Å². The van der Waals surface area contributed by atoms with Crippen molar-refractivity contribution in [3.8, 4) is 17.2 Å². The molecule has 1 atom stereocenters. The van der Waals surface area contributed by atoms with Crippen molar-refractivity contribution in [2.45, 2.75) is 19.6 Å². The molecule has 23 heavy (non-hydrogen) atoms. The van der Waals surface area contributed by atoms with Crippen molar-refractivity contribution in [3.05, 3.63) is 17.7 Å². The third-order valence-corrected chi connectivity index (χ3v) is 4.20. The maximum atomic E-state index is 11.5. The first kappa shape index (κ1) is 15.9. The molecular formula is C16H22N2O5. The van der Waals surface area contributed by atoms with Crippen molar-refractivity contribution in [1.29, 1.82) is 0 Å². The number of hydrogen-bond acceptors (Lipinski definition) is 6. The Bertz CT molecular complexity index is 592. The molecule has 2 aliphatic rings. The van der Waals surface area contributed by atoms with Gasteiger partial charge < -0.3 is 24.2 Å². The molecule has 0 spiro atoms. The van der Waals surface area contributed by atoms with Gasteiger partial charge in [-0.3, -0.25) is 9.69 Å². The predicted molar refractivity (Wildman–Crippen MR) is 82.7 cm³/mol.